The van der Waals surface area contributed by atoms with Gasteiger partial charge in [-0.05, 0) is 36.6 Å². The van der Waals surface area contributed by atoms with Gasteiger partial charge < -0.3 is 25.4 Å². The molecule has 1 aromatic carbocycles. The fraction of sp³-hybridized carbons (Fsp3) is 0.400. The van der Waals surface area contributed by atoms with Gasteiger partial charge in [-0.3, -0.25) is 5.32 Å². The van der Waals surface area contributed by atoms with Crippen LogP contribution in [-0.2, 0) is 4.74 Å². The molecule has 4 N–H and O–H groups in total. The molecule has 6 rings (SSSR count). The van der Waals surface area contributed by atoms with Crippen LogP contribution in [0.25, 0.3) is 21.9 Å². The average Bonchev–Trinajstić information content (AvgIpc) is 3.29. The predicted octanol–water partition coefficient (Wildman–Crippen LogP) is 3.63. The Morgan fingerprint density at radius 2 is 2.09 bits per heavy atom. The first-order valence-electron chi connectivity index (χ1n) is 11.9. The van der Waals surface area contributed by atoms with Crippen molar-refractivity contribution >= 4 is 34.1 Å². The van der Waals surface area contributed by atoms with Gasteiger partial charge in [0.05, 0.1) is 5.69 Å². The van der Waals surface area contributed by atoms with Crippen molar-refractivity contribution in [2.24, 2.45) is 11.8 Å². The molecule has 2 aromatic heterocycles. The number of ether oxygens (including phenoxy) is 2. The Labute approximate surface area is 201 Å². The first-order chi connectivity index (χ1) is 16.9. The number of benzene rings is 1. The monoisotopic (exact) mass is 478 g/mol. The van der Waals surface area contributed by atoms with E-state index in [4.69, 9.17) is 15.2 Å². The van der Waals surface area contributed by atoms with Crippen molar-refractivity contribution in [1.82, 2.24) is 14.9 Å². The van der Waals surface area contributed by atoms with Gasteiger partial charge in [0.1, 0.15) is 24.2 Å². The summed E-state index contributed by atoms with van der Waals surface area (Å²) >= 11 is 0. The Morgan fingerprint density at radius 3 is 2.86 bits per heavy atom. The summed E-state index contributed by atoms with van der Waals surface area (Å²) in [5.41, 5.74) is 8.65. The number of nitrogens with one attached hydrogen (secondary N) is 2. The van der Waals surface area contributed by atoms with Crippen LogP contribution in [0.5, 0.6) is 5.88 Å². The summed E-state index contributed by atoms with van der Waals surface area (Å²) in [5.74, 6) is 1.12. The zero-order chi connectivity index (χ0) is 24.3. The fourth-order valence-corrected chi connectivity index (χ4v) is 5.30. The third-order valence-corrected chi connectivity index (χ3v) is 7.35. The highest BCUT2D eigenvalue weighted by Gasteiger charge is 2.58. The second kappa shape index (κ2) is 8.23. The summed E-state index contributed by atoms with van der Waals surface area (Å²) in [5, 5.41) is 7.08. The molecule has 0 radical (unpaired) electrons. The average molecular weight is 479 g/mol. The number of nitrogens with two attached hydrogens (primary N) is 1. The molecule has 10 heteroatoms. The van der Waals surface area contributed by atoms with E-state index in [1.807, 2.05) is 6.92 Å². The third kappa shape index (κ3) is 3.68. The normalized spacial score (nSPS) is 22.7. The topological polar surface area (TPSA) is 115 Å². The van der Waals surface area contributed by atoms with Crippen LogP contribution in [-0.4, -0.2) is 59.9 Å². The molecule has 2 atom stereocenters. The molecule has 35 heavy (non-hydrogen) atoms. The number of rotatable bonds is 4. The number of carbonyl (C=O) groups is 1. The Bertz CT molecular complexity index is 1340. The van der Waals surface area contributed by atoms with Crippen LogP contribution in [0.2, 0.25) is 0 Å². The van der Waals surface area contributed by atoms with Crippen LogP contribution < -0.4 is 21.1 Å². The lowest BCUT2D eigenvalue weighted by Crippen LogP contribution is -2.27. The van der Waals surface area contributed by atoms with Crippen LogP contribution >= 0.6 is 0 Å². The van der Waals surface area contributed by atoms with Crippen molar-refractivity contribution in [2.45, 2.75) is 20.0 Å². The van der Waals surface area contributed by atoms with E-state index in [1.165, 1.54) is 6.20 Å². The number of hydrogen-bond donors (Lipinski definition) is 3. The van der Waals surface area contributed by atoms with Gasteiger partial charge in [-0.25, -0.2) is 19.2 Å². The molecule has 2 unspecified atom stereocenters. The quantitative estimate of drug-likeness (QED) is 0.487. The molecule has 4 heterocycles. The Morgan fingerprint density at radius 1 is 1.29 bits per heavy atom. The van der Waals surface area contributed by atoms with E-state index in [1.54, 1.807) is 18.3 Å². The Balaban J connectivity index is 1.26. The molecule has 9 nitrogen and oxygen atoms in total. The zero-order valence-electron chi connectivity index (χ0n) is 19.6. The number of nitrogen functional groups attached to an aromatic ring is 1. The van der Waals surface area contributed by atoms with Crippen LogP contribution in [0.4, 0.5) is 26.4 Å². The van der Waals surface area contributed by atoms with Crippen molar-refractivity contribution in [3.63, 3.8) is 0 Å². The molecule has 0 bridgehead atoms. The summed E-state index contributed by atoms with van der Waals surface area (Å²) in [6, 6.07) is 3.37. The molecule has 1 aliphatic carbocycles. The molecule has 3 aliphatic rings. The second-order valence-corrected chi connectivity index (χ2v) is 9.37. The molecular weight excluding hydrogens is 451 g/mol. The first kappa shape index (κ1) is 21.8. The minimum Gasteiger partial charge on any atom is -0.474 e. The van der Waals surface area contributed by atoms with Crippen molar-refractivity contribution in [3.8, 4) is 17.0 Å². The molecule has 1 saturated carbocycles. The lowest BCUT2D eigenvalue weighted by molar-refractivity contribution is 0.128. The number of carbonyl (C=O) groups excluding carboxylic acids is 1. The predicted molar refractivity (Wildman–Crippen MR) is 131 cm³/mol. The third-order valence-electron chi connectivity index (χ3n) is 7.35. The molecule has 0 spiro atoms. The number of anilines is 3. The fourth-order valence-electron chi connectivity index (χ4n) is 5.30. The molecule has 2 fully saturated rings. The summed E-state index contributed by atoms with van der Waals surface area (Å²) in [6.07, 6.45) is 2.49. The maximum atomic E-state index is 15.3. The summed E-state index contributed by atoms with van der Waals surface area (Å²) < 4.78 is 26.5. The maximum Gasteiger partial charge on any atom is 0.413 e. The molecule has 2 aliphatic heterocycles. The number of piperidine rings is 1. The minimum absolute atomic E-state index is 0.00765. The van der Waals surface area contributed by atoms with E-state index >= 15 is 4.39 Å². The number of pyridine rings is 2. The van der Waals surface area contributed by atoms with Gasteiger partial charge >= 0.3 is 6.09 Å². The standard InChI is InChI=1S/C25H27FN6O3/c1-3-32-10-17-18(11-32)23(17)35-25(33)31-19-7-13-6-14(20(26)21(27)16(13)9-29-19)15-8-30-24-22(12(15)2)28-4-5-34-24/h6-9,17-18,23,28H,3-5,10-11,27H2,1-2H3,(H,29,31,33). The smallest absolute Gasteiger partial charge is 0.413 e. The van der Waals surface area contributed by atoms with E-state index < -0.39 is 11.9 Å². The maximum absolute atomic E-state index is 15.3. The largest absolute Gasteiger partial charge is 0.474 e. The molecule has 3 aromatic rings. The van der Waals surface area contributed by atoms with Gasteiger partial charge in [0.2, 0.25) is 5.88 Å². The molecule has 182 valence electrons. The van der Waals surface area contributed by atoms with Crippen molar-refractivity contribution < 1.29 is 18.7 Å². The van der Waals surface area contributed by atoms with Crippen LogP contribution in [0.1, 0.15) is 12.5 Å². The molecular formula is C25H27FN6O3. The number of nitrogens with zero attached hydrogens (tertiary/aromatic N) is 3. The Kier molecular flexibility index (Phi) is 5.14. The van der Waals surface area contributed by atoms with E-state index in [-0.39, 0.29) is 11.8 Å². The van der Waals surface area contributed by atoms with Crippen LogP contribution in [0.15, 0.2) is 24.5 Å². The van der Waals surface area contributed by atoms with Crippen LogP contribution in [0, 0.1) is 24.6 Å². The number of amides is 1. The lowest BCUT2D eigenvalue weighted by Gasteiger charge is -2.22. The summed E-state index contributed by atoms with van der Waals surface area (Å²) in [6.45, 7) is 8.17. The highest BCUT2D eigenvalue weighted by Crippen LogP contribution is 2.47. The highest BCUT2D eigenvalue weighted by atomic mass is 19.1. The lowest BCUT2D eigenvalue weighted by atomic mass is 9.97. The van der Waals surface area contributed by atoms with Gasteiger partial charge in [-0.2, -0.15) is 0 Å². The van der Waals surface area contributed by atoms with E-state index in [2.05, 4.69) is 32.4 Å². The zero-order valence-corrected chi connectivity index (χ0v) is 19.6. The second-order valence-electron chi connectivity index (χ2n) is 9.37. The van der Waals surface area contributed by atoms with E-state index in [0.717, 1.165) is 30.9 Å². The first-order valence-corrected chi connectivity index (χ1v) is 11.9. The van der Waals surface area contributed by atoms with Gasteiger partial charge in [-0.1, -0.05) is 6.92 Å². The molecule has 1 saturated heterocycles. The van der Waals surface area contributed by atoms with E-state index in [9.17, 15) is 4.79 Å². The summed E-state index contributed by atoms with van der Waals surface area (Å²) in [7, 11) is 0. The Hall–Kier alpha value is -3.66. The summed E-state index contributed by atoms with van der Waals surface area (Å²) in [4.78, 5) is 23.4. The molecule has 1 amide bonds. The van der Waals surface area contributed by atoms with Crippen molar-refractivity contribution in [1.29, 1.82) is 0 Å². The number of aromatic nitrogens is 2. The minimum atomic E-state index is -0.539. The number of likely N-dealkylation sites (tertiary alicyclic amines) is 1. The van der Waals surface area contributed by atoms with Crippen LogP contribution in [0.3, 0.4) is 0 Å². The van der Waals surface area contributed by atoms with Gasteiger partial charge in [0, 0.05) is 60.4 Å². The van der Waals surface area contributed by atoms with Crippen molar-refractivity contribution in [2.75, 3.05) is 49.2 Å². The van der Waals surface area contributed by atoms with Gasteiger partial charge in [0.25, 0.3) is 0 Å². The number of halogens is 1. The SMILES string of the molecule is CCN1CC2C(C1)C2OC(=O)Nc1cc2cc(-c3cnc4c(c3C)NCCO4)c(F)c(N)c2cn1. The number of hydrogen-bond acceptors (Lipinski definition) is 8. The van der Waals surface area contributed by atoms with Crippen molar-refractivity contribution in [3.05, 3.63) is 35.9 Å². The van der Waals surface area contributed by atoms with E-state index in [0.29, 0.717) is 58.6 Å². The number of fused-ring (bicyclic) bond motifs is 3. The van der Waals surface area contributed by atoms with Gasteiger partial charge in [-0.15, -0.1) is 0 Å². The van der Waals surface area contributed by atoms with Gasteiger partial charge in [0.15, 0.2) is 5.82 Å². The highest BCUT2D eigenvalue weighted by molar-refractivity contribution is 5.99.